The van der Waals surface area contributed by atoms with E-state index in [2.05, 4.69) is 40.3 Å². The number of aromatic nitrogens is 6. The number of hydrogen-bond donors (Lipinski definition) is 3. The van der Waals surface area contributed by atoms with Gasteiger partial charge in [0.25, 0.3) is 0 Å². The molecule has 1 aromatic carbocycles. The van der Waals surface area contributed by atoms with Crippen molar-refractivity contribution in [2.24, 2.45) is 0 Å². The summed E-state index contributed by atoms with van der Waals surface area (Å²) in [6.07, 6.45) is -1.95. The van der Waals surface area contributed by atoms with Crippen LogP contribution in [0.3, 0.4) is 0 Å². The molecule has 1 aliphatic heterocycles. The molecule has 1 saturated heterocycles. The maximum atomic E-state index is 13.1. The van der Waals surface area contributed by atoms with E-state index in [4.69, 9.17) is 4.98 Å². The van der Waals surface area contributed by atoms with E-state index in [9.17, 15) is 13.2 Å². The van der Waals surface area contributed by atoms with Crippen LogP contribution < -0.4 is 10.2 Å². The number of nitrogens with one attached hydrogen (secondary N) is 3. The summed E-state index contributed by atoms with van der Waals surface area (Å²) in [7, 11) is 0. The molecule has 0 unspecified atom stereocenters. The van der Waals surface area contributed by atoms with Crippen LogP contribution >= 0.6 is 11.8 Å². The van der Waals surface area contributed by atoms with E-state index < -0.39 is 12.0 Å². The van der Waals surface area contributed by atoms with Gasteiger partial charge in [0, 0.05) is 49.2 Å². The van der Waals surface area contributed by atoms with Gasteiger partial charge >= 0.3 is 6.18 Å². The Bertz CT molecular complexity index is 1390. The number of hydrogen-bond acceptors (Lipinski definition) is 8. The molecule has 9 nitrogen and oxygen atoms in total. The number of benzene rings is 1. The number of aromatic amines is 2. The van der Waals surface area contributed by atoms with Crippen LogP contribution in [-0.4, -0.2) is 67.3 Å². The minimum atomic E-state index is -4.53. The first-order valence-electron chi connectivity index (χ1n) is 11.7. The number of imidazole rings is 1. The highest BCUT2D eigenvalue weighted by molar-refractivity contribution is 7.99. The molecule has 0 radical (unpaired) electrons. The van der Waals surface area contributed by atoms with Gasteiger partial charge in [-0.3, -0.25) is 10.00 Å². The van der Waals surface area contributed by atoms with Crippen LogP contribution in [-0.2, 0) is 6.18 Å². The fraction of sp³-hybridized carbons (Fsp3) is 0.391. The number of H-pyrrole nitrogens is 2. The molecule has 36 heavy (non-hydrogen) atoms. The molecule has 1 aliphatic carbocycles. The van der Waals surface area contributed by atoms with E-state index in [-0.39, 0.29) is 5.52 Å². The van der Waals surface area contributed by atoms with Crippen molar-refractivity contribution in [1.29, 1.82) is 0 Å². The van der Waals surface area contributed by atoms with Gasteiger partial charge in [-0.15, -0.1) is 0 Å². The van der Waals surface area contributed by atoms with Crippen molar-refractivity contribution in [3.63, 3.8) is 0 Å². The molecule has 6 rings (SSSR count). The molecule has 0 atom stereocenters. The zero-order valence-corrected chi connectivity index (χ0v) is 20.2. The topological polar surface area (TPSA) is 102 Å². The first-order chi connectivity index (χ1) is 17.3. The molecule has 1 saturated carbocycles. The average molecular weight is 516 g/mol. The van der Waals surface area contributed by atoms with Crippen molar-refractivity contribution in [2.75, 3.05) is 36.4 Å². The summed E-state index contributed by atoms with van der Waals surface area (Å²) < 4.78 is 39.2. The van der Waals surface area contributed by atoms with Gasteiger partial charge in [0.05, 0.1) is 16.7 Å². The standard InChI is InChI=1S/C23H24F3N9S/c1-13-10-19(33-32-13)29-18-12-20(35-8-6-34(7-9-35)14-2-3-14)31-22(30-18)36-15-4-5-16-17(11-15)28-21(27-16)23(24,25)26/h4-5,10-12,14H,2-3,6-9H2,1H3,(H,27,28)(H2,29,30,31,32,33). The largest absolute Gasteiger partial charge is 0.449 e. The second-order valence-electron chi connectivity index (χ2n) is 9.06. The molecular weight excluding hydrogens is 491 g/mol. The van der Waals surface area contributed by atoms with Crippen molar-refractivity contribution in [1.82, 2.24) is 35.0 Å². The van der Waals surface area contributed by atoms with Gasteiger partial charge in [0.15, 0.2) is 5.16 Å². The average Bonchev–Trinajstić information content (AvgIpc) is 3.47. The lowest BCUT2D eigenvalue weighted by atomic mass is 10.3. The highest BCUT2D eigenvalue weighted by Crippen LogP contribution is 2.34. The number of alkyl halides is 3. The molecule has 3 N–H and O–H groups in total. The van der Waals surface area contributed by atoms with Crippen molar-refractivity contribution < 1.29 is 13.2 Å². The van der Waals surface area contributed by atoms with Gasteiger partial charge in [0.2, 0.25) is 5.82 Å². The highest BCUT2D eigenvalue weighted by Gasteiger charge is 2.35. The molecule has 4 aromatic rings. The zero-order valence-electron chi connectivity index (χ0n) is 19.4. The third kappa shape index (κ3) is 4.98. The van der Waals surface area contributed by atoms with E-state index in [1.54, 1.807) is 18.2 Å². The van der Waals surface area contributed by atoms with Crippen LogP contribution in [0.5, 0.6) is 0 Å². The first kappa shape index (κ1) is 23.1. The van der Waals surface area contributed by atoms with Gasteiger partial charge in [-0.1, -0.05) is 0 Å². The van der Waals surface area contributed by atoms with E-state index in [1.165, 1.54) is 24.6 Å². The molecule has 0 spiro atoms. The predicted octanol–water partition coefficient (Wildman–Crippen LogP) is 4.58. The van der Waals surface area contributed by atoms with Crippen molar-refractivity contribution >= 4 is 40.2 Å². The fourth-order valence-corrected chi connectivity index (χ4v) is 5.16. The Morgan fingerprint density at radius 2 is 1.83 bits per heavy atom. The Morgan fingerprint density at radius 1 is 1.03 bits per heavy atom. The van der Waals surface area contributed by atoms with E-state index in [1.807, 2.05) is 19.1 Å². The molecular formula is C23H24F3N9S. The van der Waals surface area contributed by atoms with E-state index in [0.717, 1.165) is 43.7 Å². The Hall–Kier alpha value is -3.32. The van der Waals surface area contributed by atoms with Gasteiger partial charge in [-0.2, -0.15) is 18.3 Å². The number of halogens is 3. The lowest BCUT2D eigenvalue weighted by Gasteiger charge is -2.35. The number of nitrogens with zero attached hydrogens (tertiary/aromatic N) is 6. The summed E-state index contributed by atoms with van der Waals surface area (Å²) in [5.74, 6) is 1.12. The predicted molar refractivity (Wildman–Crippen MR) is 131 cm³/mol. The quantitative estimate of drug-likeness (QED) is 0.321. The summed E-state index contributed by atoms with van der Waals surface area (Å²) >= 11 is 1.29. The Labute approximate surface area is 208 Å². The molecule has 2 aliphatic rings. The van der Waals surface area contributed by atoms with Crippen LogP contribution in [0.15, 0.2) is 40.4 Å². The maximum absolute atomic E-state index is 13.1. The Kier molecular flexibility index (Phi) is 5.75. The molecule has 2 fully saturated rings. The van der Waals surface area contributed by atoms with Crippen LogP contribution in [0.4, 0.5) is 30.6 Å². The number of aryl methyl sites for hydroxylation is 1. The second kappa shape index (κ2) is 8.96. The third-order valence-electron chi connectivity index (χ3n) is 6.29. The first-order valence-corrected chi connectivity index (χ1v) is 12.5. The van der Waals surface area contributed by atoms with Crippen LogP contribution in [0.2, 0.25) is 0 Å². The van der Waals surface area contributed by atoms with E-state index in [0.29, 0.717) is 27.2 Å². The number of anilines is 3. The zero-order chi connectivity index (χ0) is 24.9. The van der Waals surface area contributed by atoms with Gasteiger partial charge in [-0.05, 0) is 49.7 Å². The van der Waals surface area contributed by atoms with Crippen LogP contribution in [0.25, 0.3) is 11.0 Å². The number of rotatable bonds is 6. The number of piperazine rings is 1. The van der Waals surface area contributed by atoms with Crippen molar-refractivity contribution in [2.45, 2.75) is 42.0 Å². The summed E-state index contributed by atoms with van der Waals surface area (Å²) in [6, 6.07) is 9.46. The molecule has 188 valence electrons. The van der Waals surface area contributed by atoms with Crippen molar-refractivity contribution in [3.05, 3.63) is 41.9 Å². The van der Waals surface area contributed by atoms with Crippen molar-refractivity contribution in [3.8, 4) is 0 Å². The van der Waals surface area contributed by atoms with E-state index >= 15 is 0 Å². The fourth-order valence-electron chi connectivity index (χ4n) is 4.36. The molecule has 13 heteroatoms. The lowest BCUT2D eigenvalue weighted by Crippen LogP contribution is -2.47. The number of fused-ring (bicyclic) bond motifs is 1. The monoisotopic (exact) mass is 515 g/mol. The smallest absolute Gasteiger partial charge is 0.354 e. The lowest BCUT2D eigenvalue weighted by molar-refractivity contribution is -0.144. The third-order valence-corrected chi connectivity index (χ3v) is 7.15. The summed E-state index contributed by atoms with van der Waals surface area (Å²) in [5.41, 5.74) is 1.42. The molecule has 3 aromatic heterocycles. The normalized spacial score (nSPS) is 17.2. The minimum Gasteiger partial charge on any atom is -0.354 e. The Balaban J connectivity index is 1.28. The van der Waals surface area contributed by atoms with Gasteiger partial charge in [-0.25, -0.2) is 15.0 Å². The highest BCUT2D eigenvalue weighted by atomic mass is 32.2. The molecule has 4 heterocycles. The van der Waals surface area contributed by atoms with Crippen LogP contribution in [0.1, 0.15) is 24.4 Å². The summed E-state index contributed by atoms with van der Waals surface area (Å²) in [5, 5.41) is 10.8. The Morgan fingerprint density at radius 3 is 2.53 bits per heavy atom. The van der Waals surface area contributed by atoms with Crippen LogP contribution in [0, 0.1) is 6.92 Å². The second-order valence-corrected chi connectivity index (χ2v) is 10.1. The molecule has 0 bridgehead atoms. The molecule has 0 amide bonds. The van der Waals surface area contributed by atoms with Gasteiger partial charge < -0.3 is 15.2 Å². The van der Waals surface area contributed by atoms with Gasteiger partial charge in [0.1, 0.15) is 17.5 Å². The summed E-state index contributed by atoms with van der Waals surface area (Å²) in [6.45, 7) is 5.64. The minimum absolute atomic E-state index is 0.256. The SMILES string of the molecule is Cc1cc(Nc2cc(N3CCN(C4CC4)CC3)nc(Sc3ccc4nc(C(F)(F)F)[nH]c4c3)n2)[nH]n1. The maximum Gasteiger partial charge on any atom is 0.449 e. The summed E-state index contributed by atoms with van der Waals surface area (Å²) in [4.78, 5) is 21.0.